The highest BCUT2D eigenvalue weighted by Gasteiger charge is 2.26. The zero-order valence-electron chi connectivity index (χ0n) is 16.1. The lowest BCUT2D eigenvalue weighted by Gasteiger charge is -2.38. The molecule has 1 unspecified atom stereocenters. The molecule has 4 rings (SSSR count). The van der Waals surface area contributed by atoms with Crippen molar-refractivity contribution < 1.29 is 4.79 Å². The number of piperazine rings is 1. The molecule has 6 nitrogen and oxygen atoms in total. The number of thiazole rings is 1. The molecule has 0 radical (unpaired) electrons. The van der Waals surface area contributed by atoms with Crippen molar-refractivity contribution in [2.75, 3.05) is 31.5 Å². The third kappa shape index (κ3) is 4.58. The van der Waals surface area contributed by atoms with Gasteiger partial charge in [0.2, 0.25) is 0 Å². The van der Waals surface area contributed by atoms with E-state index in [4.69, 9.17) is 11.6 Å². The van der Waals surface area contributed by atoms with E-state index < -0.39 is 0 Å². The van der Waals surface area contributed by atoms with Crippen molar-refractivity contribution >= 4 is 34.1 Å². The minimum Gasteiger partial charge on any atom is -0.322 e. The molecule has 1 fully saturated rings. The Hall–Kier alpha value is -2.48. The molecule has 0 spiro atoms. The highest BCUT2D eigenvalue weighted by atomic mass is 35.5. The summed E-state index contributed by atoms with van der Waals surface area (Å²) in [6, 6.07) is 11.9. The largest absolute Gasteiger partial charge is 0.323 e. The number of hydrogen-bond acceptors (Lipinski definition) is 5. The van der Waals surface area contributed by atoms with Crippen LogP contribution in [-0.2, 0) is 0 Å². The maximum atomic E-state index is 12.6. The Kier molecular flexibility index (Phi) is 6.08. The van der Waals surface area contributed by atoms with Crippen molar-refractivity contribution in [1.29, 1.82) is 0 Å². The minimum atomic E-state index is -0.109. The lowest BCUT2D eigenvalue weighted by Crippen LogP contribution is -2.50. The van der Waals surface area contributed by atoms with Crippen LogP contribution >= 0.6 is 22.9 Å². The van der Waals surface area contributed by atoms with Crippen molar-refractivity contribution in [3.05, 3.63) is 64.8 Å². The molecule has 1 atom stereocenters. The van der Waals surface area contributed by atoms with Gasteiger partial charge in [-0.1, -0.05) is 29.8 Å². The predicted octanol–water partition coefficient (Wildman–Crippen LogP) is 4.77. The second-order valence-corrected chi connectivity index (χ2v) is 8.20. The molecule has 0 aliphatic carbocycles. The fourth-order valence-corrected chi connectivity index (χ4v) is 4.47. The van der Waals surface area contributed by atoms with Gasteiger partial charge in [0.1, 0.15) is 0 Å². The van der Waals surface area contributed by atoms with Crippen LogP contribution < -0.4 is 5.32 Å². The average Bonchev–Trinajstić information content (AvgIpc) is 3.23. The van der Waals surface area contributed by atoms with Crippen LogP contribution in [-0.4, -0.2) is 52.0 Å². The first-order valence-electron chi connectivity index (χ1n) is 9.52. The second-order valence-electron chi connectivity index (χ2n) is 6.93. The van der Waals surface area contributed by atoms with Crippen LogP contribution in [0.25, 0.3) is 11.3 Å². The number of pyridine rings is 1. The van der Waals surface area contributed by atoms with Crippen molar-refractivity contribution in [3.8, 4) is 11.3 Å². The number of amides is 2. The van der Waals surface area contributed by atoms with E-state index in [-0.39, 0.29) is 12.1 Å². The van der Waals surface area contributed by atoms with E-state index in [0.29, 0.717) is 18.2 Å². The summed E-state index contributed by atoms with van der Waals surface area (Å²) >= 11 is 7.76. The molecule has 29 heavy (non-hydrogen) atoms. The van der Waals surface area contributed by atoms with E-state index in [0.717, 1.165) is 34.9 Å². The number of rotatable bonds is 4. The summed E-state index contributed by atoms with van der Waals surface area (Å²) in [7, 11) is 0. The minimum absolute atomic E-state index is 0.109. The van der Waals surface area contributed by atoms with Crippen molar-refractivity contribution in [1.82, 2.24) is 19.8 Å². The van der Waals surface area contributed by atoms with Gasteiger partial charge in [0.25, 0.3) is 0 Å². The zero-order valence-corrected chi connectivity index (χ0v) is 17.7. The summed E-state index contributed by atoms with van der Waals surface area (Å²) in [6.45, 7) is 5.10. The van der Waals surface area contributed by atoms with Gasteiger partial charge >= 0.3 is 6.03 Å². The number of hydrogen-bond donors (Lipinski definition) is 1. The summed E-state index contributed by atoms with van der Waals surface area (Å²) in [6.07, 6.45) is 3.49. The van der Waals surface area contributed by atoms with E-state index in [9.17, 15) is 4.79 Å². The van der Waals surface area contributed by atoms with Gasteiger partial charge in [-0.05, 0) is 30.7 Å². The van der Waals surface area contributed by atoms with E-state index in [1.165, 1.54) is 11.3 Å². The molecular formula is C21H22ClN5OS. The van der Waals surface area contributed by atoms with Crippen LogP contribution in [0.15, 0.2) is 54.2 Å². The van der Waals surface area contributed by atoms with Crippen LogP contribution in [0.2, 0.25) is 5.02 Å². The summed E-state index contributed by atoms with van der Waals surface area (Å²) in [5, 5.41) is 6.23. The van der Waals surface area contributed by atoms with Gasteiger partial charge in [0, 0.05) is 60.6 Å². The van der Waals surface area contributed by atoms with Gasteiger partial charge in [-0.15, -0.1) is 11.3 Å². The Bertz CT molecular complexity index is 972. The molecule has 2 aromatic heterocycles. The van der Waals surface area contributed by atoms with Crippen LogP contribution in [0.1, 0.15) is 18.5 Å². The normalized spacial score (nSPS) is 15.9. The van der Waals surface area contributed by atoms with Gasteiger partial charge < -0.3 is 4.90 Å². The summed E-state index contributed by atoms with van der Waals surface area (Å²) in [5.74, 6) is 0. The molecule has 3 aromatic rings. The lowest BCUT2D eigenvalue weighted by molar-refractivity contribution is 0.119. The summed E-state index contributed by atoms with van der Waals surface area (Å²) in [4.78, 5) is 25.4. The number of nitrogens with one attached hydrogen (secondary N) is 1. The van der Waals surface area contributed by atoms with Crippen molar-refractivity contribution in [3.63, 3.8) is 0 Å². The van der Waals surface area contributed by atoms with E-state index in [1.807, 2.05) is 40.6 Å². The highest BCUT2D eigenvalue weighted by Crippen LogP contribution is 2.28. The SMILES string of the molecule is CC(c1ccccc1Cl)N1CCN(C(=O)Nc2nc(-c3cccnc3)cs2)CC1. The molecule has 150 valence electrons. The fourth-order valence-electron chi connectivity index (χ4n) is 3.47. The van der Waals surface area contributed by atoms with Gasteiger partial charge in [-0.3, -0.25) is 15.2 Å². The first-order valence-corrected chi connectivity index (χ1v) is 10.8. The Balaban J connectivity index is 1.33. The number of carbonyl (C=O) groups excluding carboxylic acids is 1. The molecule has 8 heteroatoms. The number of nitrogens with zero attached hydrogens (tertiary/aromatic N) is 4. The van der Waals surface area contributed by atoms with Crippen LogP contribution in [0.5, 0.6) is 0 Å². The molecule has 1 aliphatic heterocycles. The third-order valence-electron chi connectivity index (χ3n) is 5.18. The van der Waals surface area contributed by atoms with Crippen LogP contribution in [0.3, 0.4) is 0 Å². The zero-order chi connectivity index (χ0) is 20.2. The lowest BCUT2D eigenvalue weighted by atomic mass is 10.1. The number of urea groups is 1. The van der Waals surface area contributed by atoms with Crippen LogP contribution in [0.4, 0.5) is 9.93 Å². The van der Waals surface area contributed by atoms with Crippen molar-refractivity contribution in [2.45, 2.75) is 13.0 Å². The Labute approximate surface area is 179 Å². The molecular weight excluding hydrogens is 406 g/mol. The Morgan fingerprint density at radius 2 is 1.97 bits per heavy atom. The van der Waals surface area contributed by atoms with Gasteiger partial charge in [-0.2, -0.15) is 0 Å². The van der Waals surface area contributed by atoms with E-state index >= 15 is 0 Å². The fraction of sp³-hybridized carbons (Fsp3) is 0.286. The van der Waals surface area contributed by atoms with Crippen LogP contribution in [0, 0.1) is 0 Å². The topological polar surface area (TPSA) is 61.4 Å². The molecule has 1 N–H and O–H groups in total. The number of halogens is 1. The average molecular weight is 428 g/mol. The molecule has 1 aromatic carbocycles. The maximum absolute atomic E-state index is 12.6. The standard InChI is InChI=1S/C21H22ClN5OS/c1-15(17-6-2-3-7-18(17)22)26-9-11-27(12-10-26)21(28)25-20-24-19(14-29-20)16-5-4-8-23-13-16/h2-8,13-15H,9-12H2,1H3,(H,24,25,28). The number of benzene rings is 1. The monoisotopic (exact) mass is 427 g/mol. The van der Waals surface area contributed by atoms with Gasteiger partial charge in [0.15, 0.2) is 5.13 Å². The first-order chi connectivity index (χ1) is 14.1. The third-order valence-corrected chi connectivity index (χ3v) is 6.28. The molecule has 0 bridgehead atoms. The van der Waals surface area contributed by atoms with Gasteiger partial charge in [0.05, 0.1) is 5.69 Å². The maximum Gasteiger partial charge on any atom is 0.323 e. The number of carbonyl (C=O) groups is 1. The van der Waals surface area contributed by atoms with E-state index in [2.05, 4.69) is 33.2 Å². The van der Waals surface area contributed by atoms with E-state index in [1.54, 1.807) is 12.4 Å². The Morgan fingerprint density at radius 3 is 2.69 bits per heavy atom. The Morgan fingerprint density at radius 1 is 1.17 bits per heavy atom. The molecule has 2 amide bonds. The predicted molar refractivity (Wildman–Crippen MR) is 117 cm³/mol. The summed E-state index contributed by atoms with van der Waals surface area (Å²) in [5.41, 5.74) is 2.88. The molecule has 1 saturated heterocycles. The van der Waals surface area contributed by atoms with Gasteiger partial charge in [-0.25, -0.2) is 9.78 Å². The molecule has 1 aliphatic rings. The van der Waals surface area contributed by atoms with Crippen molar-refractivity contribution in [2.24, 2.45) is 0 Å². The number of aromatic nitrogens is 2. The second kappa shape index (κ2) is 8.90. The smallest absolute Gasteiger partial charge is 0.322 e. The number of anilines is 1. The first kappa shape index (κ1) is 19.8. The molecule has 0 saturated carbocycles. The summed E-state index contributed by atoms with van der Waals surface area (Å²) < 4.78 is 0. The quantitative estimate of drug-likeness (QED) is 0.651. The molecule has 3 heterocycles. The highest BCUT2D eigenvalue weighted by molar-refractivity contribution is 7.14.